The molecule has 0 bridgehead atoms. The highest BCUT2D eigenvalue weighted by molar-refractivity contribution is 6.30. The molecule has 1 aromatic carbocycles. The second-order valence-electron chi connectivity index (χ2n) is 5.58. The minimum absolute atomic E-state index is 0.0233. The van der Waals surface area contributed by atoms with E-state index in [9.17, 15) is 14.0 Å². The van der Waals surface area contributed by atoms with Crippen molar-refractivity contribution in [3.05, 3.63) is 40.7 Å². The van der Waals surface area contributed by atoms with Crippen LogP contribution in [0.5, 0.6) is 0 Å². The predicted molar refractivity (Wildman–Crippen MR) is 86.4 cm³/mol. The van der Waals surface area contributed by atoms with Gasteiger partial charge in [0.15, 0.2) is 6.10 Å². The largest absolute Gasteiger partial charge is 0.449 e. The van der Waals surface area contributed by atoms with Crippen molar-refractivity contribution in [3.63, 3.8) is 0 Å². The molecule has 0 saturated heterocycles. The summed E-state index contributed by atoms with van der Waals surface area (Å²) in [4.78, 5) is 23.6. The minimum atomic E-state index is -0.857. The van der Waals surface area contributed by atoms with Crippen LogP contribution < -0.4 is 5.32 Å². The molecule has 0 aliphatic heterocycles. The molecule has 1 amide bonds. The highest BCUT2D eigenvalue weighted by atomic mass is 35.5. The Balaban J connectivity index is 1.83. The smallest absolute Gasteiger partial charge is 0.331 e. The normalized spacial score (nSPS) is 16.5. The Kier molecular flexibility index (Phi) is 6.16. The lowest BCUT2D eigenvalue weighted by Gasteiger charge is -2.16. The summed E-state index contributed by atoms with van der Waals surface area (Å²) in [6, 6.07) is 4.28. The summed E-state index contributed by atoms with van der Waals surface area (Å²) in [7, 11) is 0. The van der Waals surface area contributed by atoms with Gasteiger partial charge in [0, 0.05) is 12.1 Å². The van der Waals surface area contributed by atoms with Gasteiger partial charge in [0.1, 0.15) is 5.82 Å². The molecule has 4 nitrogen and oxygen atoms in total. The summed E-state index contributed by atoms with van der Waals surface area (Å²) in [6.07, 6.45) is 5.95. The number of carbonyl (C=O) groups is 2. The molecular weight excluding hydrogens is 321 g/mol. The van der Waals surface area contributed by atoms with Gasteiger partial charge in [-0.3, -0.25) is 4.79 Å². The van der Waals surface area contributed by atoms with Gasteiger partial charge in [0.25, 0.3) is 5.91 Å². The number of carbonyl (C=O) groups excluding carboxylic acids is 2. The first-order chi connectivity index (χ1) is 11.0. The van der Waals surface area contributed by atoms with Crippen molar-refractivity contribution in [3.8, 4) is 0 Å². The van der Waals surface area contributed by atoms with Crippen LogP contribution >= 0.6 is 11.6 Å². The third kappa shape index (κ3) is 5.36. The number of hydrogen-bond donors (Lipinski definition) is 1. The molecule has 6 heteroatoms. The second kappa shape index (κ2) is 8.11. The maximum absolute atomic E-state index is 13.0. The average Bonchev–Trinajstić information content (AvgIpc) is 3.01. The van der Waals surface area contributed by atoms with Gasteiger partial charge in [0.05, 0.1) is 5.02 Å². The van der Waals surface area contributed by atoms with Gasteiger partial charge in [-0.05, 0) is 43.5 Å². The molecule has 0 aromatic heterocycles. The van der Waals surface area contributed by atoms with Crippen LogP contribution in [0.3, 0.4) is 0 Å². The van der Waals surface area contributed by atoms with E-state index < -0.39 is 17.9 Å². The number of amides is 1. The topological polar surface area (TPSA) is 55.4 Å². The number of esters is 1. The van der Waals surface area contributed by atoms with Crippen molar-refractivity contribution in [2.24, 2.45) is 0 Å². The fraction of sp³-hybridized carbons (Fsp3) is 0.412. The van der Waals surface area contributed by atoms with Crippen LogP contribution in [0.15, 0.2) is 24.3 Å². The molecule has 124 valence electrons. The molecule has 1 aromatic rings. The molecule has 0 heterocycles. The summed E-state index contributed by atoms with van der Waals surface area (Å²) in [5.41, 5.74) is 0.566. The van der Waals surface area contributed by atoms with Crippen molar-refractivity contribution in [1.29, 1.82) is 0 Å². The van der Waals surface area contributed by atoms with Gasteiger partial charge < -0.3 is 10.1 Å². The molecule has 1 saturated carbocycles. The van der Waals surface area contributed by atoms with Gasteiger partial charge in [-0.2, -0.15) is 0 Å². The zero-order chi connectivity index (χ0) is 16.8. The quantitative estimate of drug-likeness (QED) is 0.660. The van der Waals surface area contributed by atoms with Crippen LogP contribution in [0.25, 0.3) is 6.08 Å². The highest BCUT2D eigenvalue weighted by Crippen LogP contribution is 2.18. The van der Waals surface area contributed by atoms with Crippen LogP contribution in [-0.4, -0.2) is 24.0 Å². The summed E-state index contributed by atoms with van der Waals surface area (Å²) >= 11 is 5.66. The number of benzene rings is 1. The third-order valence-electron chi connectivity index (χ3n) is 3.72. The van der Waals surface area contributed by atoms with Crippen molar-refractivity contribution in [2.45, 2.75) is 44.8 Å². The van der Waals surface area contributed by atoms with Gasteiger partial charge in [-0.15, -0.1) is 0 Å². The zero-order valence-electron chi connectivity index (χ0n) is 12.9. The van der Waals surface area contributed by atoms with Gasteiger partial charge in [-0.25, -0.2) is 9.18 Å². The van der Waals surface area contributed by atoms with Gasteiger partial charge >= 0.3 is 5.97 Å². The SMILES string of the molecule is C[C@H](OC(=O)/C=C/c1ccc(F)c(Cl)c1)C(=O)NC1CCCC1. The molecular formula is C17H19ClFNO3. The summed E-state index contributed by atoms with van der Waals surface area (Å²) in [5.74, 6) is -1.45. The van der Waals surface area contributed by atoms with Crippen LogP contribution in [0, 0.1) is 5.82 Å². The van der Waals surface area contributed by atoms with E-state index in [0.29, 0.717) is 5.56 Å². The maximum Gasteiger partial charge on any atom is 0.331 e. The lowest BCUT2D eigenvalue weighted by Crippen LogP contribution is -2.40. The van der Waals surface area contributed by atoms with E-state index in [-0.39, 0.29) is 17.0 Å². The number of ether oxygens (including phenoxy) is 1. The number of hydrogen-bond acceptors (Lipinski definition) is 3. The molecule has 1 atom stereocenters. The van der Waals surface area contributed by atoms with Crippen LogP contribution in [0.4, 0.5) is 4.39 Å². The van der Waals surface area contributed by atoms with E-state index in [4.69, 9.17) is 16.3 Å². The number of halogens is 2. The summed E-state index contributed by atoms with van der Waals surface area (Å²) in [5, 5.41) is 2.85. The Morgan fingerprint density at radius 1 is 1.39 bits per heavy atom. The molecule has 2 rings (SSSR count). The Labute approximate surface area is 139 Å². The Morgan fingerprint density at radius 3 is 2.74 bits per heavy atom. The average molecular weight is 340 g/mol. The number of rotatable bonds is 5. The van der Waals surface area contributed by atoms with Crippen LogP contribution in [0.2, 0.25) is 5.02 Å². The standard InChI is InChI=1S/C17H19ClFNO3/c1-11(17(22)20-13-4-2-3-5-13)23-16(21)9-7-12-6-8-15(19)14(18)10-12/h6-11,13H,2-5H2,1H3,(H,20,22)/b9-7+/t11-/m0/s1. The van der Waals surface area contributed by atoms with Crippen molar-refractivity contribution in [1.82, 2.24) is 5.32 Å². The number of nitrogens with one attached hydrogen (secondary N) is 1. The lowest BCUT2D eigenvalue weighted by molar-refractivity contribution is -0.150. The van der Waals surface area contributed by atoms with Crippen molar-refractivity contribution < 1.29 is 18.7 Å². The third-order valence-corrected chi connectivity index (χ3v) is 4.01. The summed E-state index contributed by atoms with van der Waals surface area (Å²) in [6.45, 7) is 1.53. The van der Waals surface area contributed by atoms with Crippen molar-refractivity contribution >= 4 is 29.6 Å². The van der Waals surface area contributed by atoms with Gasteiger partial charge in [-0.1, -0.05) is 30.5 Å². The van der Waals surface area contributed by atoms with E-state index >= 15 is 0 Å². The minimum Gasteiger partial charge on any atom is -0.449 e. The fourth-order valence-corrected chi connectivity index (χ4v) is 2.63. The Bertz CT molecular complexity index is 612. The molecule has 1 aliphatic carbocycles. The first-order valence-electron chi connectivity index (χ1n) is 7.60. The Hall–Kier alpha value is -1.88. The van der Waals surface area contributed by atoms with E-state index in [1.54, 1.807) is 0 Å². The maximum atomic E-state index is 13.0. The van der Waals surface area contributed by atoms with Crippen LogP contribution in [0.1, 0.15) is 38.2 Å². The highest BCUT2D eigenvalue weighted by Gasteiger charge is 2.22. The Morgan fingerprint density at radius 2 is 2.09 bits per heavy atom. The lowest BCUT2D eigenvalue weighted by atomic mass is 10.2. The van der Waals surface area contributed by atoms with Crippen LogP contribution in [-0.2, 0) is 14.3 Å². The molecule has 0 radical (unpaired) electrons. The molecule has 0 unspecified atom stereocenters. The molecule has 1 aliphatic rings. The first kappa shape index (κ1) is 17.5. The summed E-state index contributed by atoms with van der Waals surface area (Å²) < 4.78 is 18.1. The molecule has 1 N–H and O–H groups in total. The van der Waals surface area contributed by atoms with E-state index in [2.05, 4.69) is 5.32 Å². The molecule has 1 fully saturated rings. The zero-order valence-corrected chi connectivity index (χ0v) is 13.6. The van der Waals surface area contributed by atoms with Gasteiger partial charge in [0.2, 0.25) is 0 Å². The first-order valence-corrected chi connectivity index (χ1v) is 7.97. The van der Waals surface area contributed by atoms with E-state index in [0.717, 1.165) is 25.7 Å². The predicted octanol–water partition coefficient (Wildman–Crippen LogP) is 3.48. The van der Waals surface area contributed by atoms with E-state index in [1.165, 1.54) is 37.3 Å². The fourth-order valence-electron chi connectivity index (χ4n) is 2.44. The second-order valence-corrected chi connectivity index (χ2v) is 5.98. The molecule has 23 heavy (non-hydrogen) atoms. The monoisotopic (exact) mass is 339 g/mol. The van der Waals surface area contributed by atoms with E-state index in [1.807, 2.05) is 0 Å². The molecule has 0 spiro atoms. The van der Waals surface area contributed by atoms with Crippen molar-refractivity contribution in [2.75, 3.05) is 0 Å².